The molecule has 0 saturated carbocycles. The largest absolute Gasteiger partial charge is 0.491 e. The molecule has 8 heteroatoms. The molecule has 1 aliphatic rings. The van der Waals surface area contributed by atoms with Crippen molar-refractivity contribution in [2.75, 3.05) is 24.8 Å². The molecule has 1 aromatic heterocycles. The van der Waals surface area contributed by atoms with E-state index in [4.69, 9.17) is 21.1 Å². The molecule has 26 heavy (non-hydrogen) atoms. The fourth-order valence-electron chi connectivity index (χ4n) is 2.41. The van der Waals surface area contributed by atoms with Crippen molar-refractivity contribution in [1.29, 1.82) is 0 Å². The number of ether oxygens (including phenoxy) is 2. The van der Waals surface area contributed by atoms with Crippen LogP contribution in [0, 0.1) is 0 Å². The highest BCUT2D eigenvalue weighted by molar-refractivity contribution is 8.02. The van der Waals surface area contributed by atoms with Crippen LogP contribution in [-0.2, 0) is 4.79 Å². The van der Waals surface area contributed by atoms with Crippen LogP contribution in [0.4, 0.5) is 5.69 Å². The number of ketones is 1. The van der Waals surface area contributed by atoms with Crippen LogP contribution in [0.1, 0.15) is 22.2 Å². The number of thiophene rings is 1. The summed E-state index contributed by atoms with van der Waals surface area (Å²) in [6, 6.07) is 5.19. The van der Waals surface area contributed by atoms with Gasteiger partial charge < -0.3 is 14.8 Å². The van der Waals surface area contributed by atoms with Crippen molar-refractivity contribution in [2.45, 2.75) is 11.1 Å². The molecular weight excluding hydrogens is 394 g/mol. The fraction of sp³-hybridized carbons (Fsp3) is 0.222. The zero-order valence-electron chi connectivity index (χ0n) is 14.1. The predicted molar refractivity (Wildman–Crippen MR) is 106 cm³/mol. The van der Waals surface area contributed by atoms with Gasteiger partial charge in [-0.2, -0.15) is 0 Å². The Kier molecular flexibility index (Phi) is 5.90. The van der Waals surface area contributed by atoms with Gasteiger partial charge in [0.1, 0.15) is 0 Å². The lowest BCUT2D eigenvalue weighted by Gasteiger charge is -2.11. The van der Waals surface area contributed by atoms with E-state index >= 15 is 0 Å². The van der Waals surface area contributed by atoms with E-state index in [0.717, 1.165) is 9.77 Å². The molecule has 1 aliphatic heterocycles. The molecule has 0 bridgehead atoms. The normalized spacial score (nSPS) is 13.4. The Bertz CT molecular complexity index is 892. The van der Waals surface area contributed by atoms with Gasteiger partial charge in [-0.15, -0.1) is 23.1 Å². The molecule has 1 N–H and O–H groups in total. The lowest BCUT2D eigenvalue weighted by Crippen LogP contribution is -2.17. The topological polar surface area (TPSA) is 64.6 Å². The standard InChI is InChI=1S/C18H16ClNO4S2/c1-3-24-14-7-10(6-11(19)17(14)23-2)4-5-13(21)15-8-12-18(26-15)25-9-16(22)20-12/h4-8H,3,9H2,1-2H3,(H,20,22). The molecule has 0 atom stereocenters. The highest BCUT2D eigenvalue weighted by atomic mass is 35.5. The van der Waals surface area contributed by atoms with Crippen LogP contribution >= 0.6 is 34.7 Å². The molecule has 0 saturated heterocycles. The number of hydrogen-bond donors (Lipinski definition) is 1. The van der Waals surface area contributed by atoms with Crippen LogP contribution in [0.3, 0.4) is 0 Å². The maximum atomic E-state index is 12.4. The minimum atomic E-state index is -0.135. The van der Waals surface area contributed by atoms with Crippen molar-refractivity contribution in [1.82, 2.24) is 0 Å². The maximum Gasteiger partial charge on any atom is 0.234 e. The molecule has 0 fully saturated rings. The number of benzene rings is 1. The van der Waals surface area contributed by atoms with Gasteiger partial charge in [0, 0.05) is 0 Å². The number of anilines is 1. The van der Waals surface area contributed by atoms with Crippen molar-refractivity contribution >= 4 is 58.2 Å². The van der Waals surface area contributed by atoms with E-state index in [9.17, 15) is 9.59 Å². The smallest absolute Gasteiger partial charge is 0.234 e. The predicted octanol–water partition coefficient (Wildman–Crippen LogP) is 4.75. The molecule has 0 spiro atoms. The van der Waals surface area contributed by atoms with Gasteiger partial charge in [0.15, 0.2) is 17.3 Å². The highest BCUT2D eigenvalue weighted by Crippen LogP contribution is 2.39. The quantitative estimate of drug-likeness (QED) is 0.551. The Labute approximate surface area is 164 Å². The molecular formula is C18H16ClNO4S2. The first kappa shape index (κ1) is 18.8. The van der Waals surface area contributed by atoms with Crippen LogP contribution in [0.5, 0.6) is 11.5 Å². The van der Waals surface area contributed by atoms with Crippen molar-refractivity contribution in [2.24, 2.45) is 0 Å². The summed E-state index contributed by atoms with van der Waals surface area (Å²) in [5, 5.41) is 3.19. The van der Waals surface area contributed by atoms with Crippen molar-refractivity contribution in [3.05, 3.63) is 39.7 Å². The van der Waals surface area contributed by atoms with Gasteiger partial charge in [-0.25, -0.2) is 0 Å². The molecule has 3 rings (SSSR count). The van der Waals surface area contributed by atoms with E-state index < -0.39 is 0 Å². The van der Waals surface area contributed by atoms with Crippen LogP contribution < -0.4 is 14.8 Å². The van der Waals surface area contributed by atoms with Gasteiger partial charge in [0.25, 0.3) is 0 Å². The lowest BCUT2D eigenvalue weighted by molar-refractivity contribution is -0.113. The third-order valence-corrected chi connectivity index (χ3v) is 6.23. The summed E-state index contributed by atoms with van der Waals surface area (Å²) in [5.41, 5.74) is 1.44. The number of carbonyl (C=O) groups is 2. The molecule has 1 aromatic carbocycles. The second-order valence-electron chi connectivity index (χ2n) is 5.31. The number of methoxy groups -OCH3 is 1. The summed E-state index contributed by atoms with van der Waals surface area (Å²) in [6.07, 6.45) is 3.16. The van der Waals surface area contributed by atoms with Gasteiger partial charge in [-0.05, 0) is 36.8 Å². The zero-order chi connectivity index (χ0) is 18.7. The second kappa shape index (κ2) is 8.16. The van der Waals surface area contributed by atoms with E-state index in [2.05, 4.69) is 5.32 Å². The Morgan fingerprint density at radius 2 is 2.19 bits per heavy atom. The molecule has 1 amide bonds. The molecule has 2 aromatic rings. The van der Waals surface area contributed by atoms with Gasteiger partial charge in [-0.1, -0.05) is 17.7 Å². The molecule has 2 heterocycles. The number of nitrogens with one attached hydrogen (secondary N) is 1. The summed E-state index contributed by atoms with van der Waals surface area (Å²) in [5.74, 6) is 1.19. The van der Waals surface area contributed by atoms with Gasteiger partial charge in [0.05, 0.1) is 39.3 Å². The first-order chi connectivity index (χ1) is 12.5. The second-order valence-corrected chi connectivity index (χ2v) is 8.02. The van der Waals surface area contributed by atoms with Crippen LogP contribution in [-0.4, -0.2) is 31.2 Å². The third kappa shape index (κ3) is 4.06. The Morgan fingerprint density at radius 1 is 1.38 bits per heavy atom. The van der Waals surface area contributed by atoms with E-state index in [0.29, 0.717) is 39.4 Å². The fourth-order valence-corrected chi connectivity index (χ4v) is 4.75. The van der Waals surface area contributed by atoms with E-state index in [1.807, 2.05) is 6.92 Å². The summed E-state index contributed by atoms with van der Waals surface area (Å²) in [7, 11) is 1.53. The average molecular weight is 410 g/mol. The molecule has 136 valence electrons. The number of rotatable bonds is 6. The first-order valence-corrected chi connectivity index (χ1v) is 9.99. The van der Waals surface area contributed by atoms with E-state index in [1.165, 1.54) is 36.3 Å². The van der Waals surface area contributed by atoms with Crippen molar-refractivity contribution in [3.63, 3.8) is 0 Å². The number of fused-ring (bicyclic) bond motifs is 1. The number of hydrogen-bond acceptors (Lipinski definition) is 6. The third-order valence-electron chi connectivity index (χ3n) is 3.51. The monoisotopic (exact) mass is 409 g/mol. The van der Waals surface area contributed by atoms with Crippen molar-refractivity contribution in [3.8, 4) is 11.5 Å². The number of allylic oxidation sites excluding steroid dienone is 1. The minimum Gasteiger partial charge on any atom is -0.491 e. The van der Waals surface area contributed by atoms with Crippen molar-refractivity contribution < 1.29 is 19.1 Å². The number of carbonyl (C=O) groups excluding carboxylic acids is 2. The zero-order valence-corrected chi connectivity index (χ0v) is 16.5. The number of halogens is 1. The maximum absolute atomic E-state index is 12.4. The molecule has 0 unspecified atom stereocenters. The molecule has 0 radical (unpaired) electrons. The van der Waals surface area contributed by atoms with E-state index in [1.54, 1.807) is 24.3 Å². The van der Waals surface area contributed by atoms with E-state index in [-0.39, 0.29) is 11.7 Å². The lowest BCUT2D eigenvalue weighted by atomic mass is 10.1. The highest BCUT2D eigenvalue weighted by Gasteiger charge is 2.20. The summed E-state index contributed by atoms with van der Waals surface area (Å²) >= 11 is 9.04. The molecule has 0 aliphatic carbocycles. The SMILES string of the molecule is CCOc1cc(C=CC(=O)c2cc3c(s2)SCC(=O)N3)cc(Cl)c1OC. The Morgan fingerprint density at radius 3 is 2.92 bits per heavy atom. The van der Waals surface area contributed by atoms with Crippen LogP contribution in [0.2, 0.25) is 5.02 Å². The Hall–Kier alpha value is -1.96. The summed E-state index contributed by atoms with van der Waals surface area (Å²) < 4.78 is 11.7. The minimum absolute atomic E-state index is 0.0498. The summed E-state index contributed by atoms with van der Waals surface area (Å²) in [4.78, 5) is 24.4. The number of thioether (sulfide) groups is 1. The van der Waals surface area contributed by atoms with Gasteiger partial charge in [-0.3, -0.25) is 9.59 Å². The van der Waals surface area contributed by atoms with Gasteiger partial charge in [0.2, 0.25) is 5.91 Å². The summed E-state index contributed by atoms with van der Waals surface area (Å²) in [6.45, 7) is 2.34. The van der Waals surface area contributed by atoms with Crippen LogP contribution in [0.15, 0.2) is 28.5 Å². The first-order valence-electron chi connectivity index (χ1n) is 7.81. The number of amides is 1. The van der Waals surface area contributed by atoms with Gasteiger partial charge >= 0.3 is 0 Å². The van der Waals surface area contributed by atoms with Crippen LogP contribution in [0.25, 0.3) is 6.08 Å². The molecule has 5 nitrogen and oxygen atoms in total. The average Bonchev–Trinajstić information content (AvgIpc) is 3.03. The Balaban J connectivity index is 1.81.